The number of rotatable bonds is 6. The average molecular weight is 352 g/mol. The molecule has 0 N–H and O–H groups in total. The highest BCUT2D eigenvalue weighted by Gasteiger charge is 2.15. The van der Waals surface area contributed by atoms with Gasteiger partial charge in [0.2, 0.25) is 0 Å². The van der Waals surface area contributed by atoms with Crippen LogP contribution in [0.4, 0.5) is 0 Å². The van der Waals surface area contributed by atoms with Crippen LogP contribution in [-0.2, 0) is 6.54 Å². The van der Waals surface area contributed by atoms with Crippen LogP contribution in [0.25, 0.3) is 0 Å². The van der Waals surface area contributed by atoms with Crippen LogP contribution in [0.1, 0.15) is 5.56 Å². The van der Waals surface area contributed by atoms with Gasteiger partial charge in [0.05, 0.1) is 20.6 Å². The van der Waals surface area contributed by atoms with Crippen LogP contribution in [0.15, 0.2) is 65.6 Å². The zero-order valence-corrected chi connectivity index (χ0v) is 14.5. The lowest BCUT2D eigenvalue weighted by molar-refractivity contribution is -0.901. The van der Waals surface area contributed by atoms with Crippen LogP contribution in [0.2, 0.25) is 0 Å². The first-order valence-electron chi connectivity index (χ1n) is 6.69. The first kappa shape index (κ1) is 17.3. The zero-order chi connectivity index (χ0) is 13.6. The van der Waals surface area contributed by atoms with Gasteiger partial charge in [-0.3, -0.25) is 0 Å². The quantitative estimate of drug-likeness (QED) is 0.554. The number of hydrogen-bond donors (Lipinski definition) is 0. The van der Waals surface area contributed by atoms with Crippen molar-refractivity contribution in [3.05, 3.63) is 66.2 Å². The van der Waals surface area contributed by atoms with Gasteiger partial charge >= 0.3 is 0 Å². The molecule has 0 atom stereocenters. The van der Waals surface area contributed by atoms with Crippen molar-refractivity contribution in [2.75, 3.05) is 26.4 Å². The van der Waals surface area contributed by atoms with E-state index in [1.165, 1.54) is 17.0 Å². The summed E-state index contributed by atoms with van der Waals surface area (Å²) in [5.74, 6) is 1.16. The average Bonchev–Trinajstić information content (AvgIpc) is 2.40. The molecule has 0 aliphatic carbocycles. The Balaban J connectivity index is 0.00000200. The van der Waals surface area contributed by atoms with E-state index in [9.17, 15) is 0 Å². The molecule has 0 aliphatic heterocycles. The second-order valence-electron chi connectivity index (χ2n) is 5.46. The van der Waals surface area contributed by atoms with Gasteiger partial charge in [-0.05, 0) is 12.1 Å². The molecule has 0 radical (unpaired) electrons. The van der Waals surface area contributed by atoms with Gasteiger partial charge in [0, 0.05) is 16.2 Å². The standard InChI is InChI=1S/C17H22NS.BrH/c1-18(2,15-16-9-5-3-6-10-16)13-14-19-17-11-7-4-8-12-17;/h3-12H,13-15H2,1-2H3;1H/q+1;/p-1. The highest BCUT2D eigenvalue weighted by molar-refractivity contribution is 7.99. The van der Waals surface area contributed by atoms with E-state index < -0.39 is 0 Å². The Morgan fingerprint density at radius 2 is 1.40 bits per heavy atom. The Hall–Kier alpha value is -0.770. The summed E-state index contributed by atoms with van der Waals surface area (Å²) < 4.78 is 1.03. The maximum atomic E-state index is 2.30. The first-order valence-corrected chi connectivity index (χ1v) is 7.68. The van der Waals surface area contributed by atoms with Crippen molar-refractivity contribution >= 4 is 11.8 Å². The molecule has 108 valence electrons. The van der Waals surface area contributed by atoms with E-state index in [1.54, 1.807) is 0 Å². The molecule has 0 aromatic heterocycles. The summed E-state index contributed by atoms with van der Waals surface area (Å²) in [6, 6.07) is 21.4. The van der Waals surface area contributed by atoms with Crippen LogP contribution in [0.5, 0.6) is 0 Å². The van der Waals surface area contributed by atoms with Crippen LogP contribution in [-0.4, -0.2) is 30.9 Å². The van der Waals surface area contributed by atoms with E-state index >= 15 is 0 Å². The van der Waals surface area contributed by atoms with Gasteiger partial charge in [-0.2, -0.15) is 0 Å². The fraction of sp³-hybridized carbons (Fsp3) is 0.294. The molecule has 2 aromatic rings. The van der Waals surface area contributed by atoms with Gasteiger partial charge in [-0.25, -0.2) is 0 Å². The van der Waals surface area contributed by atoms with Crippen LogP contribution >= 0.6 is 11.8 Å². The molecule has 0 heterocycles. The molecule has 0 aliphatic rings. The minimum absolute atomic E-state index is 0. The number of thioether (sulfide) groups is 1. The van der Waals surface area contributed by atoms with Crippen LogP contribution in [0, 0.1) is 0 Å². The summed E-state index contributed by atoms with van der Waals surface area (Å²) in [4.78, 5) is 1.36. The fourth-order valence-electron chi connectivity index (χ4n) is 2.08. The van der Waals surface area contributed by atoms with Crippen LogP contribution < -0.4 is 17.0 Å². The Labute approximate surface area is 137 Å². The number of nitrogens with zero attached hydrogens (tertiary/aromatic N) is 1. The molecule has 0 spiro atoms. The molecule has 1 nitrogen and oxygen atoms in total. The van der Waals surface area contributed by atoms with Crippen molar-refractivity contribution < 1.29 is 21.5 Å². The highest BCUT2D eigenvalue weighted by Crippen LogP contribution is 2.18. The maximum Gasteiger partial charge on any atom is 0.104 e. The summed E-state index contributed by atoms with van der Waals surface area (Å²) in [7, 11) is 4.61. The van der Waals surface area contributed by atoms with Crippen molar-refractivity contribution in [2.45, 2.75) is 11.4 Å². The molecule has 2 aromatic carbocycles. The van der Waals surface area contributed by atoms with E-state index in [4.69, 9.17) is 0 Å². The van der Waals surface area contributed by atoms with Gasteiger partial charge in [0.15, 0.2) is 0 Å². The summed E-state index contributed by atoms with van der Waals surface area (Å²) in [5, 5.41) is 0. The number of quaternary nitrogens is 1. The molecular weight excluding hydrogens is 330 g/mol. The lowest BCUT2D eigenvalue weighted by Gasteiger charge is -2.29. The topological polar surface area (TPSA) is 0 Å². The predicted molar refractivity (Wildman–Crippen MR) is 84.3 cm³/mol. The van der Waals surface area contributed by atoms with Gasteiger partial charge < -0.3 is 21.5 Å². The predicted octanol–water partition coefficient (Wildman–Crippen LogP) is 1.06. The Kier molecular flexibility index (Phi) is 7.35. The molecular formula is C17H22BrNS. The first-order chi connectivity index (χ1) is 9.16. The van der Waals surface area contributed by atoms with Gasteiger partial charge in [-0.1, -0.05) is 48.5 Å². The molecule has 0 saturated carbocycles. The second-order valence-corrected chi connectivity index (χ2v) is 6.63. The normalized spacial score (nSPS) is 10.9. The summed E-state index contributed by atoms with van der Waals surface area (Å²) in [6.45, 7) is 2.27. The van der Waals surface area contributed by atoms with Gasteiger partial charge in [-0.15, -0.1) is 11.8 Å². The van der Waals surface area contributed by atoms with E-state index in [0.717, 1.165) is 16.8 Å². The number of hydrogen-bond acceptors (Lipinski definition) is 1. The molecule has 2 rings (SSSR count). The molecule has 0 amide bonds. The molecule has 20 heavy (non-hydrogen) atoms. The van der Waals surface area contributed by atoms with E-state index in [1.807, 2.05) is 11.8 Å². The Morgan fingerprint density at radius 3 is 2.00 bits per heavy atom. The number of benzene rings is 2. The van der Waals surface area contributed by atoms with Gasteiger partial charge in [0.25, 0.3) is 0 Å². The molecule has 0 fully saturated rings. The van der Waals surface area contributed by atoms with Crippen molar-refractivity contribution in [1.82, 2.24) is 0 Å². The second kappa shape index (κ2) is 8.50. The summed E-state index contributed by atoms with van der Waals surface area (Å²) in [5.41, 5.74) is 1.41. The third-order valence-electron chi connectivity index (χ3n) is 3.16. The van der Waals surface area contributed by atoms with Crippen LogP contribution in [0.3, 0.4) is 0 Å². The van der Waals surface area contributed by atoms with E-state index in [-0.39, 0.29) is 17.0 Å². The smallest absolute Gasteiger partial charge is 0.104 e. The van der Waals surface area contributed by atoms with Crippen molar-refractivity contribution in [3.8, 4) is 0 Å². The zero-order valence-electron chi connectivity index (χ0n) is 12.1. The number of halogens is 1. The molecule has 0 unspecified atom stereocenters. The SMILES string of the molecule is C[N+](C)(CCSc1ccccc1)Cc1ccccc1.[Br-]. The van der Waals surface area contributed by atoms with Crippen molar-refractivity contribution in [3.63, 3.8) is 0 Å². The van der Waals surface area contributed by atoms with E-state index in [0.29, 0.717) is 0 Å². The minimum atomic E-state index is 0. The third-order valence-corrected chi connectivity index (χ3v) is 4.15. The Morgan fingerprint density at radius 1 is 0.850 bits per heavy atom. The largest absolute Gasteiger partial charge is 1.00 e. The van der Waals surface area contributed by atoms with Gasteiger partial charge in [0.1, 0.15) is 6.54 Å². The highest BCUT2D eigenvalue weighted by atomic mass is 79.9. The molecule has 0 saturated heterocycles. The third kappa shape index (κ3) is 6.12. The maximum absolute atomic E-state index is 2.30. The summed E-state index contributed by atoms with van der Waals surface area (Å²) in [6.07, 6.45) is 0. The lowest BCUT2D eigenvalue weighted by Crippen LogP contribution is -3.00. The van der Waals surface area contributed by atoms with Crippen molar-refractivity contribution in [1.29, 1.82) is 0 Å². The summed E-state index contributed by atoms with van der Waals surface area (Å²) >= 11 is 1.94. The Bertz CT molecular complexity index is 485. The van der Waals surface area contributed by atoms with E-state index in [2.05, 4.69) is 74.8 Å². The lowest BCUT2D eigenvalue weighted by atomic mass is 10.2. The molecule has 3 heteroatoms. The minimum Gasteiger partial charge on any atom is -1.00 e. The fourth-order valence-corrected chi connectivity index (χ4v) is 3.25. The monoisotopic (exact) mass is 351 g/mol. The van der Waals surface area contributed by atoms with Crippen molar-refractivity contribution in [2.24, 2.45) is 0 Å². The molecule has 0 bridgehead atoms.